The molecule has 0 aliphatic rings. The highest BCUT2D eigenvalue weighted by atomic mass is 79.9. The SMILES string of the molecule is O=C(/C=C(/O)c1cn(S(=O)(=O)c2ccccc2)c2ccc(Br)cc12)c1ncn[nH]1. The molecule has 0 spiro atoms. The number of allylic oxidation sites excluding steroid dienone is 1. The Labute approximate surface area is 173 Å². The maximum absolute atomic E-state index is 13.1. The van der Waals surface area contributed by atoms with Crippen LogP contribution in [0.15, 0.2) is 76.5 Å². The molecule has 0 unspecified atom stereocenters. The molecule has 146 valence electrons. The van der Waals surface area contributed by atoms with E-state index in [-0.39, 0.29) is 16.3 Å². The fourth-order valence-electron chi connectivity index (χ4n) is 2.88. The molecular formula is C19H13BrN4O4S. The molecule has 0 saturated carbocycles. The zero-order valence-corrected chi connectivity index (χ0v) is 17.1. The second-order valence-electron chi connectivity index (χ2n) is 6.05. The number of halogens is 1. The lowest BCUT2D eigenvalue weighted by molar-refractivity contribution is 0.103. The smallest absolute Gasteiger partial charge is 0.268 e. The number of hydrogen-bond donors (Lipinski definition) is 2. The first-order chi connectivity index (χ1) is 13.9. The summed E-state index contributed by atoms with van der Waals surface area (Å²) in [5.41, 5.74) is 0.549. The molecule has 4 aromatic rings. The van der Waals surface area contributed by atoms with Crippen LogP contribution in [0.3, 0.4) is 0 Å². The van der Waals surface area contributed by atoms with Crippen molar-refractivity contribution in [1.82, 2.24) is 19.2 Å². The molecule has 2 aromatic heterocycles. The summed E-state index contributed by atoms with van der Waals surface area (Å²) in [5, 5.41) is 17.1. The van der Waals surface area contributed by atoms with E-state index in [9.17, 15) is 18.3 Å². The van der Waals surface area contributed by atoms with Gasteiger partial charge in [-0.2, -0.15) is 5.10 Å². The number of aromatic amines is 1. The van der Waals surface area contributed by atoms with E-state index >= 15 is 0 Å². The normalized spacial score (nSPS) is 12.4. The number of fused-ring (bicyclic) bond motifs is 1. The van der Waals surface area contributed by atoms with E-state index in [2.05, 4.69) is 31.1 Å². The standard InChI is InChI=1S/C19H13BrN4O4S/c20-12-6-7-16-14(8-12)15(17(25)9-18(26)19-21-11-22-23-19)10-24(16)29(27,28)13-4-2-1-3-5-13/h1-11,25H,(H,21,22,23)/b17-9+. The predicted molar refractivity (Wildman–Crippen MR) is 110 cm³/mol. The quantitative estimate of drug-likeness (QED) is 0.260. The number of aliphatic hydroxyl groups excluding tert-OH is 1. The fraction of sp³-hybridized carbons (Fsp3) is 0. The van der Waals surface area contributed by atoms with Gasteiger partial charge in [-0.25, -0.2) is 17.4 Å². The molecule has 0 amide bonds. The molecule has 0 saturated heterocycles. The van der Waals surface area contributed by atoms with E-state index in [0.717, 1.165) is 10.0 Å². The Hall–Kier alpha value is -3.24. The maximum atomic E-state index is 13.1. The van der Waals surface area contributed by atoms with Gasteiger partial charge in [0.05, 0.1) is 10.4 Å². The van der Waals surface area contributed by atoms with Crippen LogP contribution in [0.5, 0.6) is 0 Å². The highest BCUT2D eigenvalue weighted by molar-refractivity contribution is 9.10. The molecule has 2 N–H and O–H groups in total. The fourth-order valence-corrected chi connectivity index (χ4v) is 4.63. The lowest BCUT2D eigenvalue weighted by Crippen LogP contribution is -2.11. The zero-order chi connectivity index (χ0) is 20.6. The topological polar surface area (TPSA) is 118 Å². The van der Waals surface area contributed by atoms with Crippen molar-refractivity contribution in [2.75, 3.05) is 0 Å². The van der Waals surface area contributed by atoms with Gasteiger partial charge in [0.1, 0.15) is 12.1 Å². The second kappa shape index (κ2) is 7.30. The number of carbonyl (C=O) groups is 1. The van der Waals surface area contributed by atoms with Gasteiger partial charge in [-0.1, -0.05) is 34.1 Å². The van der Waals surface area contributed by atoms with Gasteiger partial charge < -0.3 is 5.11 Å². The van der Waals surface area contributed by atoms with Crippen LogP contribution >= 0.6 is 15.9 Å². The number of ketones is 1. The van der Waals surface area contributed by atoms with Gasteiger partial charge in [-0.3, -0.25) is 9.89 Å². The number of nitrogens with zero attached hydrogens (tertiary/aromatic N) is 3. The van der Waals surface area contributed by atoms with Crippen molar-refractivity contribution < 1.29 is 18.3 Å². The number of H-pyrrole nitrogens is 1. The third-order valence-electron chi connectivity index (χ3n) is 4.22. The molecule has 0 radical (unpaired) electrons. The Kier molecular flexibility index (Phi) is 4.81. The average molecular weight is 473 g/mol. The summed E-state index contributed by atoms with van der Waals surface area (Å²) in [6.07, 6.45) is 3.43. The molecule has 29 heavy (non-hydrogen) atoms. The molecule has 2 heterocycles. The van der Waals surface area contributed by atoms with Crippen LogP contribution in [0.25, 0.3) is 16.7 Å². The largest absolute Gasteiger partial charge is 0.507 e. The second-order valence-corrected chi connectivity index (χ2v) is 8.78. The number of benzene rings is 2. The third kappa shape index (κ3) is 3.47. The first-order valence-corrected chi connectivity index (χ1v) is 10.5. The van der Waals surface area contributed by atoms with Crippen molar-refractivity contribution in [3.63, 3.8) is 0 Å². The molecule has 0 fully saturated rings. The van der Waals surface area contributed by atoms with Gasteiger partial charge in [-0.05, 0) is 30.3 Å². The van der Waals surface area contributed by atoms with Gasteiger partial charge >= 0.3 is 0 Å². The molecule has 0 aliphatic carbocycles. The molecule has 8 nitrogen and oxygen atoms in total. The van der Waals surface area contributed by atoms with Crippen LogP contribution in [-0.4, -0.2) is 38.5 Å². The van der Waals surface area contributed by atoms with Crippen LogP contribution in [0, 0.1) is 0 Å². The van der Waals surface area contributed by atoms with E-state index in [4.69, 9.17) is 0 Å². The van der Waals surface area contributed by atoms with Crippen LogP contribution in [-0.2, 0) is 10.0 Å². The molecule has 0 atom stereocenters. The van der Waals surface area contributed by atoms with Crippen molar-refractivity contribution in [3.05, 3.63) is 83.0 Å². The summed E-state index contributed by atoms with van der Waals surface area (Å²) in [5.74, 6) is -1.03. The van der Waals surface area contributed by atoms with Gasteiger partial charge in [0.25, 0.3) is 10.0 Å². The summed E-state index contributed by atoms with van der Waals surface area (Å²) >= 11 is 3.35. The monoisotopic (exact) mass is 472 g/mol. The van der Waals surface area contributed by atoms with Crippen LogP contribution in [0.2, 0.25) is 0 Å². The van der Waals surface area contributed by atoms with Crippen molar-refractivity contribution >= 4 is 48.4 Å². The van der Waals surface area contributed by atoms with E-state index in [1.54, 1.807) is 36.4 Å². The first-order valence-electron chi connectivity index (χ1n) is 8.30. The summed E-state index contributed by atoms with van der Waals surface area (Å²) in [6, 6.07) is 12.9. The predicted octanol–water partition coefficient (Wildman–Crippen LogP) is 3.54. The van der Waals surface area contributed by atoms with Crippen LogP contribution in [0.1, 0.15) is 16.2 Å². The molecular weight excluding hydrogens is 460 g/mol. The Bertz CT molecular complexity index is 1340. The number of aromatic nitrogens is 4. The minimum atomic E-state index is -3.91. The van der Waals surface area contributed by atoms with Gasteiger partial charge in [-0.15, -0.1) is 0 Å². The first kappa shape index (κ1) is 19.1. The Morgan fingerprint density at radius 1 is 1.17 bits per heavy atom. The minimum absolute atomic E-state index is 0.0432. The Morgan fingerprint density at radius 2 is 1.93 bits per heavy atom. The lowest BCUT2D eigenvalue weighted by atomic mass is 10.1. The summed E-state index contributed by atoms with van der Waals surface area (Å²) in [7, 11) is -3.91. The number of aliphatic hydroxyl groups is 1. The summed E-state index contributed by atoms with van der Waals surface area (Å²) < 4.78 is 28.1. The van der Waals surface area contributed by atoms with Crippen molar-refractivity contribution in [3.8, 4) is 0 Å². The third-order valence-corrected chi connectivity index (χ3v) is 6.41. The summed E-state index contributed by atoms with van der Waals surface area (Å²) in [6.45, 7) is 0. The summed E-state index contributed by atoms with van der Waals surface area (Å²) in [4.78, 5) is 16.1. The molecule has 0 bridgehead atoms. The van der Waals surface area contributed by atoms with Crippen LogP contribution < -0.4 is 0 Å². The van der Waals surface area contributed by atoms with E-state index < -0.39 is 21.6 Å². The van der Waals surface area contributed by atoms with Crippen LogP contribution in [0.4, 0.5) is 0 Å². The van der Waals surface area contributed by atoms with Gasteiger partial charge in [0.2, 0.25) is 5.78 Å². The Morgan fingerprint density at radius 3 is 2.62 bits per heavy atom. The number of carbonyl (C=O) groups excluding carboxylic acids is 1. The van der Waals surface area contributed by atoms with E-state index in [1.165, 1.54) is 24.7 Å². The molecule has 0 aliphatic heterocycles. The van der Waals surface area contributed by atoms with Gasteiger partial charge in [0, 0.05) is 27.7 Å². The molecule has 2 aromatic carbocycles. The van der Waals surface area contributed by atoms with E-state index in [1.807, 2.05) is 0 Å². The van der Waals surface area contributed by atoms with Crippen molar-refractivity contribution in [2.24, 2.45) is 0 Å². The minimum Gasteiger partial charge on any atom is -0.507 e. The average Bonchev–Trinajstić information content (AvgIpc) is 3.37. The zero-order valence-electron chi connectivity index (χ0n) is 14.7. The highest BCUT2D eigenvalue weighted by Gasteiger charge is 2.23. The maximum Gasteiger partial charge on any atom is 0.268 e. The van der Waals surface area contributed by atoms with Gasteiger partial charge in [0.15, 0.2) is 5.82 Å². The number of nitrogens with one attached hydrogen (secondary N) is 1. The molecule has 4 rings (SSSR count). The van der Waals surface area contributed by atoms with Crippen molar-refractivity contribution in [1.29, 1.82) is 0 Å². The van der Waals surface area contributed by atoms with E-state index in [0.29, 0.717) is 15.4 Å². The number of hydrogen-bond acceptors (Lipinski definition) is 6. The lowest BCUT2D eigenvalue weighted by Gasteiger charge is -2.07. The highest BCUT2D eigenvalue weighted by Crippen LogP contribution is 2.31. The van der Waals surface area contributed by atoms with Crippen molar-refractivity contribution in [2.45, 2.75) is 4.90 Å². The molecule has 10 heteroatoms. The Balaban J connectivity index is 1.90. The number of rotatable bonds is 5.